The molecule has 0 amide bonds. The second-order valence-electron chi connectivity index (χ2n) is 5.61. The Labute approximate surface area is 161 Å². The van der Waals surface area contributed by atoms with Crippen molar-refractivity contribution in [2.45, 2.75) is 23.6 Å². The number of carbonyl (C=O) groups is 1. The normalized spacial score (nSPS) is 12.1. The van der Waals surface area contributed by atoms with Gasteiger partial charge in [-0.25, -0.2) is 4.98 Å². The molecule has 0 saturated carbocycles. The van der Waals surface area contributed by atoms with Crippen LogP contribution < -0.4 is 0 Å². The first kappa shape index (κ1) is 18.1. The van der Waals surface area contributed by atoms with Crippen LogP contribution in [0, 0.1) is 0 Å². The van der Waals surface area contributed by atoms with E-state index in [1.54, 1.807) is 37.3 Å². The first-order valence-corrected chi connectivity index (χ1v) is 9.35. The highest BCUT2D eigenvalue weighted by Crippen LogP contribution is 2.40. The predicted octanol–water partition coefficient (Wildman–Crippen LogP) is 5.93. The van der Waals surface area contributed by atoms with Crippen LogP contribution in [0.3, 0.4) is 0 Å². The fourth-order valence-electron chi connectivity index (χ4n) is 2.48. The Kier molecular flexibility index (Phi) is 5.84. The van der Waals surface area contributed by atoms with E-state index in [1.807, 2.05) is 47.2 Å². The van der Waals surface area contributed by atoms with Crippen LogP contribution in [0.25, 0.3) is 0 Å². The molecule has 3 rings (SSSR count). The van der Waals surface area contributed by atoms with Crippen molar-refractivity contribution in [3.05, 3.63) is 82.4 Å². The zero-order valence-corrected chi connectivity index (χ0v) is 15.9. The molecule has 1 atom stereocenters. The van der Waals surface area contributed by atoms with E-state index in [-0.39, 0.29) is 11.0 Å². The number of hydrogen-bond donors (Lipinski definition) is 0. The summed E-state index contributed by atoms with van der Waals surface area (Å²) in [6.45, 7) is 2.29. The molecule has 0 aliphatic heterocycles. The summed E-state index contributed by atoms with van der Waals surface area (Å²) in [6.07, 6.45) is 5.47. The lowest BCUT2D eigenvalue weighted by Gasteiger charge is -2.19. The van der Waals surface area contributed by atoms with Crippen LogP contribution in [0.15, 0.2) is 66.1 Å². The van der Waals surface area contributed by atoms with Gasteiger partial charge in [0, 0.05) is 39.4 Å². The van der Waals surface area contributed by atoms with Gasteiger partial charge in [0.25, 0.3) is 0 Å². The van der Waals surface area contributed by atoms with Crippen molar-refractivity contribution in [2.75, 3.05) is 0 Å². The SMILES string of the molecule is CC(=O)c1ccc(SC(Cn2ccnc2)c2ccc(Cl)cc2Cl)cc1. The quantitative estimate of drug-likeness (QED) is 0.386. The number of halogens is 2. The molecule has 25 heavy (non-hydrogen) atoms. The monoisotopic (exact) mass is 390 g/mol. The Morgan fingerprint density at radius 2 is 1.96 bits per heavy atom. The lowest BCUT2D eigenvalue weighted by atomic mass is 10.1. The second-order valence-corrected chi connectivity index (χ2v) is 7.73. The summed E-state index contributed by atoms with van der Waals surface area (Å²) in [5, 5.41) is 1.35. The lowest BCUT2D eigenvalue weighted by molar-refractivity contribution is 0.101. The topological polar surface area (TPSA) is 34.9 Å². The number of aromatic nitrogens is 2. The van der Waals surface area contributed by atoms with Crippen LogP contribution in [0.4, 0.5) is 0 Å². The maximum absolute atomic E-state index is 11.4. The third kappa shape index (κ3) is 4.66. The Morgan fingerprint density at radius 3 is 2.56 bits per heavy atom. The van der Waals surface area contributed by atoms with Crippen LogP contribution in [0.1, 0.15) is 28.1 Å². The van der Waals surface area contributed by atoms with Gasteiger partial charge in [-0.05, 0) is 36.8 Å². The molecule has 1 aromatic heterocycles. The Bertz CT molecular complexity index is 864. The van der Waals surface area contributed by atoms with Crippen molar-refractivity contribution < 1.29 is 4.79 Å². The summed E-state index contributed by atoms with van der Waals surface area (Å²) in [5.74, 6) is 0.0623. The fraction of sp³-hybridized carbons (Fsp3) is 0.158. The summed E-state index contributed by atoms with van der Waals surface area (Å²) in [6, 6.07) is 13.2. The molecule has 0 fully saturated rings. The van der Waals surface area contributed by atoms with Crippen molar-refractivity contribution >= 4 is 40.7 Å². The van der Waals surface area contributed by atoms with E-state index in [4.69, 9.17) is 23.2 Å². The average molecular weight is 391 g/mol. The van der Waals surface area contributed by atoms with Gasteiger partial charge in [-0.2, -0.15) is 0 Å². The van der Waals surface area contributed by atoms with Crippen LogP contribution >= 0.6 is 35.0 Å². The number of imidazole rings is 1. The van der Waals surface area contributed by atoms with Gasteiger partial charge in [0.15, 0.2) is 5.78 Å². The number of Topliss-reactive ketones (excluding diaryl/α,β-unsaturated/α-hetero) is 1. The van der Waals surface area contributed by atoms with Crippen LogP contribution in [-0.4, -0.2) is 15.3 Å². The highest BCUT2D eigenvalue weighted by Gasteiger charge is 2.18. The van der Waals surface area contributed by atoms with E-state index < -0.39 is 0 Å². The second kappa shape index (κ2) is 8.09. The lowest BCUT2D eigenvalue weighted by Crippen LogP contribution is -2.05. The molecule has 0 N–H and O–H groups in total. The summed E-state index contributed by atoms with van der Waals surface area (Å²) >= 11 is 14.2. The maximum atomic E-state index is 11.4. The average Bonchev–Trinajstić information content (AvgIpc) is 3.08. The molecular formula is C19H16Cl2N2OS. The van der Waals surface area contributed by atoms with Gasteiger partial charge in [-0.15, -0.1) is 11.8 Å². The summed E-state index contributed by atoms with van der Waals surface area (Å²) < 4.78 is 2.02. The van der Waals surface area contributed by atoms with E-state index in [0.717, 1.165) is 17.0 Å². The maximum Gasteiger partial charge on any atom is 0.159 e. The Morgan fingerprint density at radius 1 is 1.20 bits per heavy atom. The van der Waals surface area contributed by atoms with E-state index in [0.29, 0.717) is 15.6 Å². The molecule has 0 aliphatic carbocycles. The summed E-state index contributed by atoms with van der Waals surface area (Å²) in [4.78, 5) is 16.6. The van der Waals surface area contributed by atoms with Gasteiger partial charge >= 0.3 is 0 Å². The number of hydrogen-bond acceptors (Lipinski definition) is 3. The first-order chi connectivity index (χ1) is 12.0. The molecule has 0 bridgehead atoms. The molecule has 2 aromatic carbocycles. The van der Waals surface area contributed by atoms with Gasteiger partial charge in [0.05, 0.1) is 11.6 Å². The molecular weight excluding hydrogens is 375 g/mol. The van der Waals surface area contributed by atoms with Gasteiger partial charge < -0.3 is 4.57 Å². The molecule has 6 heteroatoms. The Balaban J connectivity index is 1.89. The Hall–Kier alpha value is -1.75. The standard InChI is InChI=1S/C19H16Cl2N2OS/c1-13(24)14-2-5-16(6-3-14)25-19(11-23-9-8-22-12-23)17-7-4-15(20)10-18(17)21/h2-10,12,19H,11H2,1H3. The molecule has 0 radical (unpaired) electrons. The fourth-order valence-corrected chi connectivity index (χ4v) is 4.29. The highest BCUT2D eigenvalue weighted by atomic mass is 35.5. The van der Waals surface area contributed by atoms with Crippen molar-refractivity contribution in [2.24, 2.45) is 0 Å². The van der Waals surface area contributed by atoms with Gasteiger partial charge in [-0.3, -0.25) is 4.79 Å². The van der Waals surface area contributed by atoms with Gasteiger partial charge in [0.1, 0.15) is 0 Å². The zero-order valence-electron chi connectivity index (χ0n) is 13.5. The van der Waals surface area contributed by atoms with Crippen molar-refractivity contribution in [1.82, 2.24) is 9.55 Å². The molecule has 0 spiro atoms. The largest absolute Gasteiger partial charge is 0.336 e. The number of ketones is 1. The number of nitrogens with zero attached hydrogens (tertiary/aromatic N) is 2. The van der Waals surface area contributed by atoms with Crippen molar-refractivity contribution in [3.8, 4) is 0 Å². The third-order valence-corrected chi connectivity index (χ3v) is 5.58. The predicted molar refractivity (Wildman–Crippen MR) is 104 cm³/mol. The molecule has 1 heterocycles. The number of carbonyl (C=O) groups excluding carboxylic acids is 1. The molecule has 3 aromatic rings. The van der Waals surface area contributed by atoms with Crippen molar-refractivity contribution in [1.29, 1.82) is 0 Å². The van der Waals surface area contributed by atoms with E-state index in [2.05, 4.69) is 4.98 Å². The first-order valence-electron chi connectivity index (χ1n) is 7.71. The number of thioether (sulfide) groups is 1. The molecule has 0 saturated heterocycles. The number of rotatable bonds is 6. The van der Waals surface area contributed by atoms with Crippen LogP contribution in [0.2, 0.25) is 10.0 Å². The highest BCUT2D eigenvalue weighted by molar-refractivity contribution is 7.99. The minimum absolute atomic E-state index is 0.0623. The van der Waals surface area contributed by atoms with Gasteiger partial charge in [-0.1, -0.05) is 41.4 Å². The van der Waals surface area contributed by atoms with Crippen LogP contribution in [-0.2, 0) is 6.54 Å². The summed E-state index contributed by atoms with van der Waals surface area (Å²) in [5.41, 5.74) is 1.72. The van der Waals surface area contributed by atoms with Crippen LogP contribution in [0.5, 0.6) is 0 Å². The number of benzene rings is 2. The molecule has 1 unspecified atom stereocenters. The smallest absolute Gasteiger partial charge is 0.159 e. The summed E-state index contributed by atoms with van der Waals surface area (Å²) in [7, 11) is 0. The van der Waals surface area contributed by atoms with E-state index in [9.17, 15) is 4.79 Å². The molecule has 0 aliphatic rings. The zero-order chi connectivity index (χ0) is 17.8. The third-order valence-electron chi connectivity index (χ3n) is 3.78. The minimum Gasteiger partial charge on any atom is -0.336 e. The molecule has 128 valence electrons. The van der Waals surface area contributed by atoms with E-state index >= 15 is 0 Å². The van der Waals surface area contributed by atoms with Gasteiger partial charge in [0.2, 0.25) is 0 Å². The minimum atomic E-state index is 0.0623. The van der Waals surface area contributed by atoms with Crippen molar-refractivity contribution in [3.63, 3.8) is 0 Å². The molecule has 3 nitrogen and oxygen atoms in total. The van der Waals surface area contributed by atoms with E-state index in [1.165, 1.54) is 0 Å².